The van der Waals surface area contributed by atoms with Crippen LogP contribution in [0, 0.1) is 40.4 Å². The number of aliphatic hydroxyl groups excluding tert-OH is 2. The quantitative estimate of drug-likeness (QED) is 0.491. The summed E-state index contributed by atoms with van der Waals surface area (Å²) in [5, 5.41) is 25.5. The predicted octanol–water partition coefficient (Wildman–Crippen LogP) is 4.71. The number of ketones is 1. The van der Waals surface area contributed by atoms with Crippen LogP contribution in [0.4, 0.5) is 0 Å². The van der Waals surface area contributed by atoms with E-state index in [0.29, 0.717) is 18.3 Å². The van der Waals surface area contributed by atoms with Crippen molar-refractivity contribution < 1.29 is 19.8 Å². The molecule has 5 rings (SSSR count). The molecule has 6 heteroatoms. The lowest BCUT2D eigenvalue weighted by Crippen LogP contribution is -2.56. The molecular weight excluding hydrogens is 452 g/mol. The van der Waals surface area contributed by atoms with Gasteiger partial charge in [-0.2, -0.15) is 5.10 Å². The zero-order chi connectivity index (χ0) is 25.5. The first kappa shape index (κ1) is 25.8. The largest absolute Gasteiger partial charge is 0.393 e. The molecule has 0 spiro atoms. The lowest BCUT2D eigenvalue weighted by molar-refractivity contribution is -0.140. The maximum atomic E-state index is 12.8. The molecule has 36 heavy (non-hydrogen) atoms. The molecule has 3 N–H and O–H groups in total. The van der Waals surface area contributed by atoms with Crippen molar-refractivity contribution in [2.45, 2.75) is 97.0 Å². The fraction of sp³-hybridized carbons (Fsp3) is 0.767. The molecule has 0 saturated heterocycles. The molecule has 0 radical (unpaired) electrons. The van der Waals surface area contributed by atoms with E-state index < -0.39 is 12.7 Å². The van der Waals surface area contributed by atoms with E-state index in [4.69, 9.17) is 0 Å². The average Bonchev–Trinajstić information content (AvgIpc) is 3.18. The first-order valence-corrected chi connectivity index (χ1v) is 14.4. The van der Waals surface area contributed by atoms with Crippen LogP contribution in [0.1, 0.15) is 90.9 Å². The lowest BCUT2D eigenvalue weighted by Gasteiger charge is -2.58. The number of hydrogen-bond acceptors (Lipinski definition) is 5. The maximum absolute atomic E-state index is 12.8. The van der Waals surface area contributed by atoms with Gasteiger partial charge in [0.2, 0.25) is 5.91 Å². The van der Waals surface area contributed by atoms with Crippen LogP contribution in [-0.4, -0.2) is 40.3 Å². The monoisotopic (exact) mass is 496 g/mol. The molecule has 6 nitrogen and oxygen atoms in total. The van der Waals surface area contributed by atoms with Gasteiger partial charge in [-0.15, -0.1) is 0 Å². The fourth-order valence-corrected chi connectivity index (χ4v) is 8.97. The van der Waals surface area contributed by atoms with E-state index in [1.54, 1.807) is 0 Å². The van der Waals surface area contributed by atoms with E-state index in [2.05, 4.69) is 36.5 Å². The van der Waals surface area contributed by atoms with Gasteiger partial charge in [0.25, 0.3) is 0 Å². The Morgan fingerprint density at radius 2 is 1.78 bits per heavy atom. The summed E-state index contributed by atoms with van der Waals surface area (Å²) in [7, 11) is 0. The molecule has 0 aromatic carbocycles. The Morgan fingerprint density at radius 3 is 2.50 bits per heavy atom. The number of hydrazone groups is 1. The smallest absolute Gasteiger partial charge is 0.243 e. The number of hydrogen-bond donors (Lipinski definition) is 3. The molecule has 0 aliphatic heterocycles. The average molecular weight is 497 g/mol. The number of carbonyl (C=O) groups is 2. The fourth-order valence-electron chi connectivity index (χ4n) is 8.97. The third kappa shape index (κ3) is 4.42. The van der Waals surface area contributed by atoms with Crippen molar-refractivity contribution >= 4 is 17.4 Å². The van der Waals surface area contributed by atoms with Gasteiger partial charge < -0.3 is 10.2 Å². The van der Waals surface area contributed by atoms with Gasteiger partial charge in [0.15, 0.2) is 5.78 Å². The van der Waals surface area contributed by atoms with Crippen molar-refractivity contribution in [3.63, 3.8) is 0 Å². The van der Waals surface area contributed by atoms with Gasteiger partial charge >= 0.3 is 0 Å². The van der Waals surface area contributed by atoms with Crippen LogP contribution in [0.3, 0.4) is 0 Å². The van der Waals surface area contributed by atoms with Crippen LogP contribution in [0.15, 0.2) is 28.9 Å². The van der Waals surface area contributed by atoms with Gasteiger partial charge in [-0.1, -0.05) is 57.6 Å². The summed E-state index contributed by atoms with van der Waals surface area (Å²) in [6, 6.07) is 0. The van der Waals surface area contributed by atoms with Crippen LogP contribution in [0.25, 0.3) is 0 Å². The number of Topliss-reactive ketones (excluding diaryl/α,β-unsaturated/α-hetero) is 1. The normalized spacial score (nSPS) is 41.9. The van der Waals surface area contributed by atoms with Gasteiger partial charge in [0.05, 0.1) is 11.8 Å². The van der Waals surface area contributed by atoms with E-state index in [1.165, 1.54) is 24.8 Å². The second-order valence-electron chi connectivity index (χ2n) is 12.7. The first-order chi connectivity index (χ1) is 17.3. The Bertz CT molecular complexity index is 962. The van der Waals surface area contributed by atoms with Crippen LogP contribution < -0.4 is 5.43 Å². The predicted molar refractivity (Wildman–Crippen MR) is 140 cm³/mol. The van der Waals surface area contributed by atoms with Crippen LogP contribution in [-0.2, 0) is 9.59 Å². The number of aliphatic hydroxyl groups is 2. The molecule has 0 aromatic rings. The second-order valence-corrected chi connectivity index (χ2v) is 12.7. The zero-order valence-electron chi connectivity index (χ0n) is 22.0. The second kappa shape index (κ2) is 10.2. The summed E-state index contributed by atoms with van der Waals surface area (Å²) in [6.07, 6.45) is 18.1. The minimum Gasteiger partial charge on any atom is -0.393 e. The number of nitrogens with one attached hydrogen (secondary N) is 1. The first-order valence-electron chi connectivity index (χ1n) is 14.4. The molecule has 0 heterocycles. The third-order valence-corrected chi connectivity index (χ3v) is 10.8. The van der Waals surface area contributed by atoms with Crippen LogP contribution in [0.2, 0.25) is 0 Å². The van der Waals surface area contributed by atoms with Crippen molar-refractivity contribution in [1.29, 1.82) is 0 Å². The molecular formula is C30H44N2O4. The summed E-state index contributed by atoms with van der Waals surface area (Å²) in [4.78, 5) is 25.3. The molecule has 1 amide bonds. The molecule has 4 fully saturated rings. The molecule has 4 saturated carbocycles. The summed E-state index contributed by atoms with van der Waals surface area (Å²) < 4.78 is 0. The molecule has 7 unspecified atom stereocenters. The van der Waals surface area contributed by atoms with Crippen LogP contribution in [0.5, 0.6) is 0 Å². The van der Waals surface area contributed by atoms with Gasteiger partial charge in [0, 0.05) is 23.2 Å². The van der Waals surface area contributed by atoms with Gasteiger partial charge in [-0.25, -0.2) is 5.43 Å². The van der Waals surface area contributed by atoms with Crippen molar-refractivity contribution in [3.05, 3.63) is 23.8 Å². The van der Waals surface area contributed by atoms with E-state index in [1.807, 2.05) is 6.08 Å². The number of amides is 1. The highest BCUT2D eigenvalue weighted by Gasteiger charge is 2.62. The molecule has 0 aromatic heterocycles. The van der Waals surface area contributed by atoms with E-state index in [0.717, 1.165) is 57.1 Å². The van der Waals surface area contributed by atoms with Gasteiger partial charge in [0.1, 0.15) is 6.61 Å². The highest BCUT2D eigenvalue weighted by molar-refractivity contribution is 6.06. The summed E-state index contributed by atoms with van der Waals surface area (Å²) in [6.45, 7) is 4.02. The summed E-state index contributed by atoms with van der Waals surface area (Å²) in [5.74, 6) is 0.776. The maximum Gasteiger partial charge on any atom is 0.243 e. The number of rotatable bonds is 4. The van der Waals surface area contributed by atoms with Crippen LogP contribution >= 0.6 is 0 Å². The van der Waals surface area contributed by atoms with Crippen molar-refractivity contribution in [2.24, 2.45) is 45.5 Å². The molecule has 5 aliphatic rings. The standard InChI is InChI=1S/C30H44N2O4/c1-29-15-14-21(31-32-28(36)19-8-6-4-3-5-7-9-19)16-20(29)10-11-22-23-12-13-24(26(35)18-33)30(23,2)17-25(34)27(22)29/h14-16,19,22-25,27,33-34H,3-13,17-18H2,1-2H3,(H,32,36)/b31-21+. The molecule has 5 aliphatic carbocycles. The number of nitrogens with zero attached hydrogens (tertiary/aromatic N) is 1. The van der Waals surface area contributed by atoms with Gasteiger partial charge in [-0.05, 0) is 74.3 Å². The number of fused-ring (bicyclic) bond motifs is 5. The molecule has 198 valence electrons. The van der Waals surface area contributed by atoms with E-state index in [-0.39, 0.29) is 40.3 Å². The van der Waals surface area contributed by atoms with E-state index in [9.17, 15) is 19.8 Å². The summed E-state index contributed by atoms with van der Waals surface area (Å²) in [5.41, 5.74) is 4.44. The zero-order valence-corrected chi connectivity index (χ0v) is 22.0. The van der Waals surface area contributed by atoms with Crippen molar-refractivity contribution in [2.75, 3.05) is 6.61 Å². The molecule has 7 atom stereocenters. The molecule has 0 bridgehead atoms. The number of allylic oxidation sites excluding steroid dienone is 4. The lowest BCUT2D eigenvalue weighted by atomic mass is 9.46. The summed E-state index contributed by atoms with van der Waals surface area (Å²) >= 11 is 0. The van der Waals surface area contributed by atoms with Crippen molar-refractivity contribution in [1.82, 2.24) is 5.43 Å². The Kier molecular flexibility index (Phi) is 7.30. The SMILES string of the molecule is CC12C=C/C(=N\NC(=O)C3CCCCCCC3)C=C1CCC1C2C(O)CC2(C)C(C(=O)CO)CCC12. The Labute approximate surface area is 215 Å². The highest BCUT2D eigenvalue weighted by atomic mass is 16.3. The van der Waals surface area contributed by atoms with Crippen molar-refractivity contribution in [3.8, 4) is 0 Å². The Hall–Kier alpha value is -1.79. The highest BCUT2D eigenvalue weighted by Crippen LogP contribution is 2.66. The topological polar surface area (TPSA) is 99.0 Å². The number of carbonyl (C=O) groups excluding carboxylic acids is 2. The minimum atomic E-state index is -0.487. The Balaban J connectivity index is 1.31. The van der Waals surface area contributed by atoms with Gasteiger partial charge in [-0.3, -0.25) is 9.59 Å². The third-order valence-electron chi connectivity index (χ3n) is 10.8. The minimum absolute atomic E-state index is 0.0449. The Morgan fingerprint density at radius 1 is 1.06 bits per heavy atom. The van der Waals surface area contributed by atoms with E-state index >= 15 is 0 Å².